The average molecular weight is 258 g/mol. The summed E-state index contributed by atoms with van der Waals surface area (Å²) >= 11 is 5.56. The third kappa shape index (κ3) is 2.79. The van der Waals surface area contributed by atoms with Crippen molar-refractivity contribution in [1.82, 2.24) is 5.32 Å². The summed E-state index contributed by atoms with van der Waals surface area (Å²) in [6.45, 7) is 0. The molecule has 2 unspecified atom stereocenters. The lowest BCUT2D eigenvalue weighted by Crippen LogP contribution is -2.33. The van der Waals surface area contributed by atoms with E-state index in [1.807, 2.05) is 0 Å². The van der Waals surface area contributed by atoms with E-state index in [9.17, 15) is 9.59 Å². The Morgan fingerprint density at radius 3 is 2.71 bits per heavy atom. The molecule has 1 amide bonds. The highest BCUT2D eigenvalue weighted by Gasteiger charge is 2.31. The first-order valence-electron chi connectivity index (χ1n) is 5.35. The Morgan fingerprint density at radius 1 is 1.41 bits per heavy atom. The van der Waals surface area contributed by atoms with Crippen LogP contribution in [0.25, 0.3) is 0 Å². The maximum atomic E-state index is 11.7. The normalized spacial score (nSPS) is 23.6. The summed E-state index contributed by atoms with van der Waals surface area (Å²) in [4.78, 5) is 22.4. The Morgan fingerprint density at radius 2 is 2.18 bits per heavy atom. The van der Waals surface area contributed by atoms with Gasteiger partial charge in [-0.25, -0.2) is 0 Å². The summed E-state index contributed by atoms with van der Waals surface area (Å²) in [6, 6.07) is 2.87. The molecule has 1 heterocycles. The van der Waals surface area contributed by atoms with E-state index in [0.717, 1.165) is 0 Å². The van der Waals surface area contributed by atoms with Gasteiger partial charge in [-0.05, 0) is 43.0 Å². The maximum absolute atomic E-state index is 11.7. The van der Waals surface area contributed by atoms with Gasteiger partial charge in [-0.1, -0.05) is 0 Å². The first-order chi connectivity index (χ1) is 8.06. The molecule has 0 spiro atoms. The third-order valence-electron chi connectivity index (χ3n) is 2.91. The molecule has 1 aromatic rings. The van der Waals surface area contributed by atoms with Crippen molar-refractivity contribution >= 4 is 23.5 Å². The van der Waals surface area contributed by atoms with E-state index < -0.39 is 5.97 Å². The Kier molecular flexibility index (Phi) is 3.38. The van der Waals surface area contributed by atoms with Crippen LogP contribution in [0.1, 0.15) is 29.8 Å². The lowest BCUT2D eigenvalue weighted by atomic mass is 10.1. The van der Waals surface area contributed by atoms with Crippen molar-refractivity contribution in [3.8, 4) is 0 Å². The van der Waals surface area contributed by atoms with Gasteiger partial charge in [-0.15, -0.1) is 0 Å². The van der Waals surface area contributed by atoms with Crippen LogP contribution in [0.3, 0.4) is 0 Å². The second-order valence-electron chi connectivity index (χ2n) is 4.12. The van der Waals surface area contributed by atoms with Crippen LogP contribution in [0.2, 0.25) is 5.22 Å². The molecule has 2 atom stereocenters. The summed E-state index contributed by atoms with van der Waals surface area (Å²) < 4.78 is 4.97. The van der Waals surface area contributed by atoms with Crippen LogP contribution in [-0.2, 0) is 4.79 Å². The predicted octanol–water partition coefficient (Wildman–Crippen LogP) is 1.92. The van der Waals surface area contributed by atoms with Crippen molar-refractivity contribution in [3.63, 3.8) is 0 Å². The van der Waals surface area contributed by atoms with Gasteiger partial charge < -0.3 is 14.8 Å². The number of furan rings is 1. The molecular weight excluding hydrogens is 246 g/mol. The van der Waals surface area contributed by atoms with Crippen molar-refractivity contribution in [2.45, 2.75) is 25.3 Å². The van der Waals surface area contributed by atoms with E-state index >= 15 is 0 Å². The van der Waals surface area contributed by atoms with Crippen molar-refractivity contribution in [2.24, 2.45) is 5.92 Å². The second-order valence-corrected chi connectivity index (χ2v) is 4.49. The number of carboxylic acid groups (broad SMARTS) is 1. The molecule has 1 aromatic heterocycles. The molecule has 0 saturated heterocycles. The quantitative estimate of drug-likeness (QED) is 0.867. The number of carbonyl (C=O) groups is 2. The van der Waals surface area contributed by atoms with E-state index in [0.29, 0.717) is 19.3 Å². The molecule has 1 aliphatic rings. The minimum Gasteiger partial charge on any atom is -0.481 e. The van der Waals surface area contributed by atoms with Gasteiger partial charge in [-0.3, -0.25) is 9.59 Å². The standard InChI is InChI=1S/C11H12ClNO4/c12-9-4-3-8(17-9)10(14)13-7-2-1-6(5-7)11(15)16/h3-4,6-7H,1-2,5H2,(H,13,14)(H,15,16). The zero-order valence-corrected chi connectivity index (χ0v) is 9.74. The Labute approximate surface area is 103 Å². The maximum Gasteiger partial charge on any atom is 0.306 e. The summed E-state index contributed by atoms with van der Waals surface area (Å²) in [7, 11) is 0. The molecule has 0 aromatic carbocycles. The SMILES string of the molecule is O=C(NC1CCC(C(=O)O)C1)c1ccc(Cl)o1. The van der Waals surface area contributed by atoms with Crippen LogP contribution in [0, 0.1) is 5.92 Å². The van der Waals surface area contributed by atoms with E-state index in [2.05, 4.69) is 5.32 Å². The van der Waals surface area contributed by atoms with Gasteiger partial charge in [0.2, 0.25) is 0 Å². The molecular formula is C11H12ClNO4. The molecule has 6 heteroatoms. The number of hydrogen-bond donors (Lipinski definition) is 2. The van der Waals surface area contributed by atoms with Crippen molar-refractivity contribution in [1.29, 1.82) is 0 Å². The summed E-state index contributed by atoms with van der Waals surface area (Å²) in [5.74, 6) is -1.37. The van der Waals surface area contributed by atoms with Crippen LogP contribution in [0.5, 0.6) is 0 Å². The highest BCUT2D eigenvalue weighted by atomic mass is 35.5. The molecule has 92 valence electrons. The van der Waals surface area contributed by atoms with E-state index in [1.54, 1.807) is 0 Å². The number of amides is 1. The number of carboxylic acids is 1. The van der Waals surface area contributed by atoms with Gasteiger partial charge >= 0.3 is 5.97 Å². The van der Waals surface area contributed by atoms with Crippen molar-refractivity contribution in [2.75, 3.05) is 0 Å². The number of halogens is 1. The smallest absolute Gasteiger partial charge is 0.306 e. The number of rotatable bonds is 3. The molecule has 0 bridgehead atoms. The first kappa shape index (κ1) is 12.0. The minimum absolute atomic E-state index is 0.104. The van der Waals surface area contributed by atoms with Gasteiger partial charge in [-0.2, -0.15) is 0 Å². The molecule has 1 saturated carbocycles. The number of hydrogen-bond acceptors (Lipinski definition) is 3. The monoisotopic (exact) mass is 257 g/mol. The van der Waals surface area contributed by atoms with Gasteiger partial charge in [0.25, 0.3) is 5.91 Å². The summed E-state index contributed by atoms with van der Waals surface area (Å²) in [6.07, 6.45) is 1.74. The molecule has 1 fully saturated rings. The van der Waals surface area contributed by atoms with Crippen LogP contribution >= 0.6 is 11.6 Å². The Balaban J connectivity index is 1.90. The van der Waals surface area contributed by atoms with E-state index in [4.69, 9.17) is 21.1 Å². The van der Waals surface area contributed by atoms with Gasteiger partial charge in [0.05, 0.1) is 5.92 Å². The molecule has 2 rings (SSSR count). The fourth-order valence-electron chi connectivity index (χ4n) is 2.03. The van der Waals surface area contributed by atoms with Crippen LogP contribution in [0.4, 0.5) is 0 Å². The minimum atomic E-state index is -0.803. The molecule has 5 nitrogen and oxygen atoms in total. The molecule has 17 heavy (non-hydrogen) atoms. The van der Waals surface area contributed by atoms with Crippen molar-refractivity contribution < 1.29 is 19.1 Å². The molecule has 1 aliphatic carbocycles. The number of carbonyl (C=O) groups excluding carboxylic acids is 1. The summed E-state index contributed by atoms with van der Waals surface area (Å²) in [5.41, 5.74) is 0. The largest absolute Gasteiger partial charge is 0.481 e. The van der Waals surface area contributed by atoms with Gasteiger partial charge in [0.15, 0.2) is 11.0 Å². The molecule has 0 aliphatic heterocycles. The summed E-state index contributed by atoms with van der Waals surface area (Å²) in [5, 5.41) is 11.7. The van der Waals surface area contributed by atoms with Crippen LogP contribution in [-0.4, -0.2) is 23.0 Å². The predicted molar refractivity (Wildman–Crippen MR) is 59.9 cm³/mol. The Bertz CT molecular complexity index is 442. The van der Waals surface area contributed by atoms with E-state index in [1.165, 1.54) is 12.1 Å². The zero-order valence-electron chi connectivity index (χ0n) is 8.98. The molecule has 2 N–H and O–H groups in total. The fourth-order valence-corrected chi connectivity index (χ4v) is 2.18. The van der Waals surface area contributed by atoms with Gasteiger partial charge in [0, 0.05) is 6.04 Å². The second kappa shape index (κ2) is 4.79. The number of aliphatic carboxylic acids is 1. The first-order valence-corrected chi connectivity index (χ1v) is 5.73. The zero-order chi connectivity index (χ0) is 12.4. The molecule has 0 radical (unpaired) electrons. The third-order valence-corrected chi connectivity index (χ3v) is 3.12. The van der Waals surface area contributed by atoms with Crippen LogP contribution < -0.4 is 5.32 Å². The van der Waals surface area contributed by atoms with Crippen LogP contribution in [0.15, 0.2) is 16.5 Å². The fraction of sp³-hybridized carbons (Fsp3) is 0.455. The highest BCUT2D eigenvalue weighted by molar-refractivity contribution is 6.29. The average Bonchev–Trinajstić information content (AvgIpc) is 2.86. The van der Waals surface area contributed by atoms with Crippen molar-refractivity contribution in [3.05, 3.63) is 23.1 Å². The number of nitrogens with one attached hydrogen (secondary N) is 1. The van der Waals surface area contributed by atoms with Gasteiger partial charge in [0.1, 0.15) is 0 Å². The Hall–Kier alpha value is -1.49. The topological polar surface area (TPSA) is 79.5 Å². The highest BCUT2D eigenvalue weighted by Crippen LogP contribution is 2.26. The van der Waals surface area contributed by atoms with E-state index in [-0.39, 0.29) is 28.8 Å². The lowest BCUT2D eigenvalue weighted by molar-refractivity contribution is -0.141. The lowest BCUT2D eigenvalue weighted by Gasteiger charge is -2.10.